The van der Waals surface area contributed by atoms with E-state index in [1.165, 1.54) is 0 Å². The van der Waals surface area contributed by atoms with E-state index in [9.17, 15) is 4.79 Å². The Balaban J connectivity index is 2.46. The summed E-state index contributed by atoms with van der Waals surface area (Å²) in [5, 5.41) is 3.50. The number of nitrogens with zero attached hydrogens (tertiary/aromatic N) is 1. The van der Waals surface area contributed by atoms with Crippen LogP contribution < -0.4 is 5.32 Å². The Kier molecular flexibility index (Phi) is 9.02. The molecule has 1 heterocycles. The van der Waals surface area contributed by atoms with Crippen LogP contribution in [0.15, 0.2) is 0 Å². The average molecular weight is 344 g/mol. The third-order valence-electron chi connectivity index (χ3n) is 4.13. The van der Waals surface area contributed by atoms with Gasteiger partial charge in [-0.3, -0.25) is 0 Å². The molecule has 0 bridgehead atoms. The molecule has 24 heavy (non-hydrogen) atoms. The van der Waals surface area contributed by atoms with E-state index in [-0.39, 0.29) is 12.4 Å². The number of likely N-dealkylation sites (tertiary alicyclic amines) is 1. The zero-order valence-electron chi connectivity index (χ0n) is 16.3. The van der Waals surface area contributed by atoms with E-state index in [2.05, 4.69) is 12.2 Å². The minimum absolute atomic E-state index is 0.207. The minimum Gasteiger partial charge on any atom is -0.444 e. The number of hydrogen-bond donors (Lipinski definition) is 1. The largest absolute Gasteiger partial charge is 0.444 e. The lowest BCUT2D eigenvalue weighted by molar-refractivity contribution is -0.134. The summed E-state index contributed by atoms with van der Waals surface area (Å²) in [6.07, 6.45) is 1.70. The number of carbonyl (C=O) groups excluding carboxylic acids is 1. The Bertz CT molecular complexity index is 365. The van der Waals surface area contributed by atoms with Crippen LogP contribution in [0.2, 0.25) is 0 Å². The van der Waals surface area contributed by atoms with Crippen molar-refractivity contribution >= 4 is 6.09 Å². The predicted molar refractivity (Wildman–Crippen MR) is 95.0 cm³/mol. The van der Waals surface area contributed by atoms with Gasteiger partial charge in [0, 0.05) is 38.9 Å². The molecular weight excluding hydrogens is 308 g/mol. The van der Waals surface area contributed by atoms with Crippen molar-refractivity contribution in [2.75, 3.05) is 32.8 Å². The lowest BCUT2D eigenvalue weighted by atomic mass is 9.92. The van der Waals surface area contributed by atoms with Crippen molar-refractivity contribution in [2.24, 2.45) is 5.92 Å². The molecule has 1 fully saturated rings. The van der Waals surface area contributed by atoms with Gasteiger partial charge < -0.3 is 24.4 Å². The molecule has 1 amide bonds. The minimum atomic E-state index is -0.448. The summed E-state index contributed by atoms with van der Waals surface area (Å²) in [4.78, 5) is 14.1. The van der Waals surface area contributed by atoms with Gasteiger partial charge in [0.05, 0.1) is 0 Å². The zero-order chi connectivity index (χ0) is 18.2. The Morgan fingerprint density at radius 1 is 1.25 bits per heavy atom. The summed E-state index contributed by atoms with van der Waals surface area (Å²) in [7, 11) is 0. The quantitative estimate of drug-likeness (QED) is 0.686. The van der Waals surface area contributed by atoms with Gasteiger partial charge in [0.25, 0.3) is 0 Å². The van der Waals surface area contributed by atoms with Gasteiger partial charge in [-0.25, -0.2) is 4.79 Å². The molecule has 1 N–H and O–H groups in total. The highest BCUT2D eigenvalue weighted by atomic mass is 16.7. The van der Waals surface area contributed by atoms with Gasteiger partial charge in [-0.05, 0) is 60.3 Å². The van der Waals surface area contributed by atoms with Crippen molar-refractivity contribution in [3.05, 3.63) is 0 Å². The molecule has 0 radical (unpaired) electrons. The number of rotatable bonds is 8. The molecule has 6 heteroatoms. The van der Waals surface area contributed by atoms with Crippen LogP contribution in [-0.2, 0) is 14.2 Å². The smallest absolute Gasteiger partial charge is 0.410 e. The monoisotopic (exact) mass is 344 g/mol. The van der Waals surface area contributed by atoms with Crippen molar-refractivity contribution in [2.45, 2.75) is 72.3 Å². The molecule has 1 saturated heterocycles. The van der Waals surface area contributed by atoms with Gasteiger partial charge in [0.15, 0.2) is 6.29 Å². The van der Waals surface area contributed by atoms with Gasteiger partial charge in [-0.1, -0.05) is 0 Å². The summed E-state index contributed by atoms with van der Waals surface area (Å²) in [6, 6.07) is 0.290. The van der Waals surface area contributed by atoms with Crippen LogP contribution in [0.1, 0.15) is 54.4 Å². The topological polar surface area (TPSA) is 60.0 Å². The van der Waals surface area contributed by atoms with Crippen LogP contribution >= 0.6 is 0 Å². The van der Waals surface area contributed by atoms with E-state index in [1.54, 1.807) is 0 Å². The molecular formula is C18H36N2O4. The summed E-state index contributed by atoms with van der Waals surface area (Å²) < 4.78 is 16.6. The third kappa shape index (κ3) is 7.81. The molecule has 1 aliphatic heterocycles. The number of ether oxygens (including phenoxy) is 3. The molecule has 0 aromatic rings. The summed E-state index contributed by atoms with van der Waals surface area (Å²) in [5.74, 6) is 0.412. The third-order valence-corrected chi connectivity index (χ3v) is 4.13. The average Bonchev–Trinajstić information content (AvgIpc) is 2.51. The second-order valence-corrected chi connectivity index (χ2v) is 7.37. The fourth-order valence-corrected chi connectivity index (χ4v) is 2.90. The highest BCUT2D eigenvalue weighted by Gasteiger charge is 2.30. The van der Waals surface area contributed by atoms with Crippen LogP contribution in [0, 0.1) is 5.92 Å². The first-order chi connectivity index (χ1) is 11.3. The molecule has 0 spiro atoms. The fourth-order valence-electron chi connectivity index (χ4n) is 2.90. The zero-order valence-corrected chi connectivity index (χ0v) is 16.3. The van der Waals surface area contributed by atoms with Gasteiger partial charge in [0.2, 0.25) is 0 Å². The number of carbonyl (C=O) groups is 1. The first-order valence-electron chi connectivity index (χ1n) is 9.21. The normalized spacial score (nSPS) is 20.3. The molecule has 0 unspecified atom stereocenters. The second-order valence-electron chi connectivity index (χ2n) is 7.37. The summed E-state index contributed by atoms with van der Waals surface area (Å²) in [5.41, 5.74) is -0.448. The van der Waals surface area contributed by atoms with E-state index >= 15 is 0 Å². The predicted octanol–water partition coefficient (Wildman–Crippen LogP) is 3.01. The molecule has 1 rings (SSSR count). The maximum absolute atomic E-state index is 12.3. The lowest BCUT2D eigenvalue weighted by Gasteiger charge is -2.37. The number of nitrogens with one attached hydrogen (secondary N) is 1. The standard InChI is InChI=1S/C18H36N2O4/c1-7-22-16(23-8-2)12-19-14(3)15-10-9-11-20(13-15)17(21)24-18(4,5)6/h14-16,19H,7-13H2,1-6H3/t14-,15-/m0/s1. The molecule has 6 nitrogen and oxygen atoms in total. The Hall–Kier alpha value is -0.850. The SMILES string of the molecule is CCOC(CN[C@@H](C)[C@H]1CCCN(C(=O)OC(C)(C)C)C1)OCC. The molecule has 0 aromatic heterocycles. The molecule has 2 atom stereocenters. The van der Waals surface area contributed by atoms with Gasteiger partial charge in [0.1, 0.15) is 5.60 Å². The van der Waals surface area contributed by atoms with Gasteiger partial charge >= 0.3 is 6.09 Å². The molecule has 0 saturated carbocycles. The molecule has 0 aromatic carbocycles. The highest BCUT2D eigenvalue weighted by Crippen LogP contribution is 2.22. The second kappa shape index (κ2) is 10.2. The Labute approximate surface area is 147 Å². The Morgan fingerprint density at radius 3 is 2.42 bits per heavy atom. The molecule has 142 valence electrons. The summed E-state index contributed by atoms with van der Waals surface area (Å²) in [6.45, 7) is 15.2. The first kappa shape index (κ1) is 21.2. The number of hydrogen-bond acceptors (Lipinski definition) is 5. The van der Waals surface area contributed by atoms with Crippen LogP contribution in [-0.4, -0.2) is 61.8 Å². The van der Waals surface area contributed by atoms with Crippen LogP contribution in [0.4, 0.5) is 4.79 Å². The maximum atomic E-state index is 12.3. The van der Waals surface area contributed by atoms with Gasteiger partial charge in [-0.15, -0.1) is 0 Å². The number of amides is 1. The van der Waals surface area contributed by atoms with Crippen molar-refractivity contribution < 1.29 is 19.0 Å². The van der Waals surface area contributed by atoms with E-state index in [0.29, 0.717) is 31.7 Å². The molecule has 0 aliphatic carbocycles. The van der Waals surface area contributed by atoms with Crippen molar-refractivity contribution in [3.8, 4) is 0 Å². The Morgan fingerprint density at radius 2 is 1.88 bits per heavy atom. The van der Waals surface area contributed by atoms with Crippen LogP contribution in [0.3, 0.4) is 0 Å². The van der Waals surface area contributed by atoms with E-state index < -0.39 is 5.60 Å². The summed E-state index contributed by atoms with van der Waals surface area (Å²) >= 11 is 0. The first-order valence-corrected chi connectivity index (χ1v) is 9.21. The highest BCUT2D eigenvalue weighted by molar-refractivity contribution is 5.68. The van der Waals surface area contributed by atoms with Crippen LogP contribution in [0.5, 0.6) is 0 Å². The van der Waals surface area contributed by atoms with Crippen molar-refractivity contribution in [1.29, 1.82) is 0 Å². The van der Waals surface area contributed by atoms with E-state index in [0.717, 1.165) is 25.9 Å². The fraction of sp³-hybridized carbons (Fsp3) is 0.944. The van der Waals surface area contributed by atoms with Crippen molar-refractivity contribution in [3.63, 3.8) is 0 Å². The van der Waals surface area contributed by atoms with E-state index in [1.807, 2.05) is 39.5 Å². The van der Waals surface area contributed by atoms with E-state index in [4.69, 9.17) is 14.2 Å². The lowest BCUT2D eigenvalue weighted by Crippen LogP contribution is -2.49. The maximum Gasteiger partial charge on any atom is 0.410 e. The molecule has 1 aliphatic rings. The van der Waals surface area contributed by atoms with Crippen LogP contribution in [0.25, 0.3) is 0 Å². The number of piperidine rings is 1. The van der Waals surface area contributed by atoms with Gasteiger partial charge in [-0.2, -0.15) is 0 Å². The van der Waals surface area contributed by atoms with Crippen molar-refractivity contribution in [1.82, 2.24) is 10.2 Å².